The Hall–Kier alpha value is -1.88. The van der Waals surface area contributed by atoms with E-state index in [0.717, 1.165) is 22.9 Å². The second kappa shape index (κ2) is 5.84. The molecule has 5 heteroatoms. The van der Waals surface area contributed by atoms with Crippen LogP contribution in [0.2, 0.25) is 0 Å². The quantitative estimate of drug-likeness (QED) is 0.896. The smallest absolute Gasteiger partial charge is 0.208 e. The molecule has 102 valence electrons. The molecular weight excluding hydrogens is 240 g/mol. The number of hydrogen-bond donors (Lipinski definition) is 1. The summed E-state index contributed by atoms with van der Waals surface area (Å²) in [6, 6.07) is 2.19. The van der Waals surface area contributed by atoms with Gasteiger partial charge in [-0.05, 0) is 32.4 Å². The molecule has 0 amide bonds. The van der Waals surface area contributed by atoms with E-state index in [-0.39, 0.29) is 6.04 Å². The standard InChI is InChI=1S/C14H20N4O/c1-10-5-6-15-7-13(10)18-8-11(2)16-14(18)17-12(3)9-19-4/h5-8,12H,9H2,1-4H3,(H,16,17). The first kappa shape index (κ1) is 13.5. The number of rotatable bonds is 5. The number of hydrogen-bond acceptors (Lipinski definition) is 4. The minimum Gasteiger partial charge on any atom is -0.383 e. The van der Waals surface area contributed by atoms with Crippen molar-refractivity contribution in [2.45, 2.75) is 26.8 Å². The molecule has 2 rings (SSSR count). The molecule has 2 heterocycles. The van der Waals surface area contributed by atoms with Crippen molar-refractivity contribution in [3.63, 3.8) is 0 Å². The van der Waals surface area contributed by atoms with Gasteiger partial charge in [0, 0.05) is 25.5 Å². The fourth-order valence-electron chi connectivity index (χ4n) is 2.00. The van der Waals surface area contributed by atoms with Crippen LogP contribution in [0.1, 0.15) is 18.2 Å². The zero-order valence-corrected chi connectivity index (χ0v) is 11.8. The highest BCUT2D eigenvalue weighted by molar-refractivity contribution is 5.46. The predicted molar refractivity (Wildman–Crippen MR) is 75.8 cm³/mol. The maximum atomic E-state index is 5.14. The highest BCUT2D eigenvalue weighted by atomic mass is 16.5. The molecule has 0 bridgehead atoms. The number of aryl methyl sites for hydroxylation is 2. The van der Waals surface area contributed by atoms with E-state index in [1.807, 2.05) is 30.0 Å². The number of methoxy groups -OCH3 is 1. The first-order valence-electron chi connectivity index (χ1n) is 6.34. The Labute approximate surface area is 113 Å². The van der Waals surface area contributed by atoms with Gasteiger partial charge in [0.2, 0.25) is 5.95 Å². The van der Waals surface area contributed by atoms with E-state index >= 15 is 0 Å². The lowest BCUT2D eigenvalue weighted by Gasteiger charge is -2.15. The van der Waals surface area contributed by atoms with Crippen LogP contribution in [0.4, 0.5) is 5.95 Å². The molecule has 0 fully saturated rings. The number of anilines is 1. The Balaban J connectivity index is 2.33. The van der Waals surface area contributed by atoms with Gasteiger partial charge < -0.3 is 10.1 Å². The molecule has 0 saturated heterocycles. The van der Waals surface area contributed by atoms with E-state index in [1.165, 1.54) is 0 Å². The Morgan fingerprint density at radius 3 is 2.89 bits per heavy atom. The average molecular weight is 260 g/mol. The fourth-order valence-corrected chi connectivity index (χ4v) is 2.00. The maximum Gasteiger partial charge on any atom is 0.208 e. The average Bonchev–Trinajstić information content (AvgIpc) is 2.71. The monoisotopic (exact) mass is 260 g/mol. The number of nitrogens with zero attached hydrogens (tertiary/aromatic N) is 3. The van der Waals surface area contributed by atoms with Gasteiger partial charge in [-0.3, -0.25) is 9.55 Å². The molecule has 2 aromatic rings. The van der Waals surface area contributed by atoms with Gasteiger partial charge in [-0.1, -0.05) is 0 Å². The Morgan fingerprint density at radius 1 is 1.42 bits per heavy atom. The second-order valence-electron chi connectivity index (χ2n) is 4.74. The summed E-state index contributed by atoms with van der Waals surface area (Å²) in [6.07, 6.45) is 5.65. The van der Waals surface area contributed by atoms with Crippen LogP contribution in [0.25, 0.3) is 5.69 Å². The van der Waals surface area contributed by atoms with Crippen LogP contribution in [0.15, 0.2) is 24.7 Å². The van der Waals surface area contributed by atoms with E-state index in [1.54, 1.807) is 13.3 Å². The summed E-state index contributed by atoms with van der Waals surface area (Å²) >= 11 is 0. The first-order chi connectivity index (χ1) is 9.11. The molecule has 0 aliphatic carbocycles. The molecule has 0 aromatic carbocycles. The molecule has 0 aliphatic rings. The summed E-state index contributed by atoms with van der Waals surface area (Å²) in [5.74, 6) is 0.818. The predicted octanol–water partition coefficient (Wildman–Crippen LogP) is 2.33. The number of imidazole rings is 1. The third-order valence-corrected chi connectivity index (χ3v) is 2.89. The van der Waals surface area contributed by atoms with Gasteiger partial charge in [0.15, 0.2) is 0 Å². The van der Waals surface area contributed by atoms with E-state index in [0.29, 0.717) is 6.61 Å². The number of aromatic nitrogens is 3. The van der Waals surface area contributed by atoms with Gasteiger partial charge in [0.1, 0.15) is 0 Å². The van der Waals surface area contributed by atoms with E-state index < -0.39 is 0 Å². The summed E-state index contributed by atoms with van der Waals surface area (Å²) in [5.41, 5.74) is 3.17. The van der Waals surface area contributed by atoms with Crippen molar-refractivity contribution < 1.29 is 4.74 Å². The van der Waals surface area contributed by atoms with Gasteiger partial charge in [-0.25, -0.2) is 4.98 Å². The van der Waals surface area contributed by atoms with Gasteiger partial charge >= 0.3 is 0 Å². The molecular formula is C14H20N4O. The zero-order valence-electron chi connectivity index (χ0n) is 11.8. The van der Waals surface area contributed by atoms with Crippen LogP contribution in [0, 0.1) is 13.8 Å². The maximum absolute atomic E-state index is 5.14. The van der Waals surface area contributed by atoms with Gasteiger partial charge in [-0.2, -0.15) is 0 Å². The summed E-state index contributed by atoms with van der Waals surface area (Å²) < 4.78 is 7.17. The lowest BCUT2D eigenvalue weighted by molar-refractivity contribution is 0.190. The van der Waals surface area contributed by atoms with E-state index in [4.69, 9.17) is 4.74 Å². The number of pyridine rings is 1. The normalized spacial score (nSPS) is 12.4. The molecule has 0 aliphatic heterocycles. The molecule has 1 N–H and O–H groups in total. The summed E-state index contributed by atoms with van der Waals surface area (Å²) in [7, 11) is 1.70. The van der Waals surface area contributed by atoms with Crippen LogP contribution in [0.3, 0.4) is 0 Å². The summed E-state index contributed by atoms with van der Waals surface area (Å²) in [5, 5.41) is 3.36. The molecule has 0 spiro atoms. The van der Waals surface area contributed by atoms with E-state index in [9.17, 15) is 0 Å². The molecule has 1 atom stereocenters. The summed E-state index contributed by atoms with van der Waals surface area (Å²) in [6.45, 7) is 6.75. The highest BCUT2D eigenvalue weighted by Crippen LogP contribution is 2.19. The third-order valence-electron chi connectivity index (χ3n) is 2.89. The number of nitrogens with one attached hydrogen (secondary N) is 1. The lowest BCUT2D eigenvalue weighted by atomic mass is 10.2. The Bertz CT molecular complexity index is 550. The van der Waals surface area contributed by atoms with Crippen molar-refractivity contribution >= 4 is 5.95 Å². The van der Waals surface area contributed by atoms with Crippen molar-refractivity contribution in [2.24, 2.45) is 0 Å². The second-order valence-corrected chi connectivity index (χ2v) is 4.74. The minimum absolute atomic E-state index is 0.197. The van der Waals surface area contributed by atoms with Gasteiger partial charge in [-0.15, -0.1) is 0 Å². The largest absolute Gasteiger partial charge is 0.383 e. The first-order valence-corrected chi connectivity index (χ1v) is 6.34. The molecule has 0 radical (unpaired) electrons. The SMILES string of the molecule is COCC(C)Nc1nc(C)cn1-c1cnccc1C. The van der Waals surface area contributed by atoms with Crippen molar-refractivity contribution in [3.8, 4) is 5.69 Å². The number of ether oxygens (including phenoxy) is 1. The van der Waals surface area contributed by atoms with Crippen LogP contribution in [-0.2, 0) is 4.74 Å². The molecule has 1 unspecified atom stereocenters. The molecule has 19 heavy (non-hydrogen) atoms. The lowest BCUT2D eigenvalue weighted by Crippen LogP contribution is -2.23. The van der Waals surface area contributed by atoms with Gasteiger partial charge in [0.25, 0.3) is 0 Å². The van der Waals surface area contributed by atoms with Crippen LogP contribution in [-0.4, -0.2) is 34.3 Å². The minimum atomic E-state index is 0.197. The van der Waals surface area contributed by atoms with Crippen molar-refractivity contribution in [1.29, 1.82) is 0 Å². The Morgan fingerprint density at radius 2 is 2.21 bits per heavy atom. The molecule has 5 nitrogen and oxygen atoms in total. The van der Waals surface area contributed by atoms with Crippen LogP contribution >= 0.6 is 0 Å². The molecule has 2 aromatic heterocycles. The van der Waals surface area contributed by atoms with Crippen molar-refractivity contribution in [1.82, 2.24) is 14.5 Å². The van der Waals surface area contributed by atoms with Crippen LogP contribution < -0.4 is 5.32 Å². The topological polar surface area (TPSA) is 52.0 Å². The van der Waals surface area contributed by atoms with Crippen molar-refractivity contribution in [3.05, 3.63) is 35.9 Å². The Kier molecular flexibility index (Phi) is 4.16. The molecule has 0 saturated carbocycles. The third kappa shape index (κ3) is 3.12. The fraction of sp³-hybridized carbons (Fsp3) is 0.429. The van der Waals surface area contributed by atoms with E-state index in [2.05, 4.69) is 29.1 Å². The highest BCUT2D eigenvalue weighted by Gasteiger charge is 2.11. The van der Waals surface area contributed by atoms with Crippen LogP contribution in [0.5, 0.6) is 0 Å². The van der Waals surface area contributed by atoms with Gasteiger partial charge in [0.05, 0.1) is 24.2 Å². The zero-order chi connectivity index (χ0) is 13.8. The summed E-state index contributed by atoms with van der Waals surface area (Å²) in [4.78, 5) is 8.71. The van der Waals surface area contributed by atoms with Crippen molar-refractivity contribution in [2.75, 3.05) is 19.0 Å².